The van der Waals surface area contributed by atoms with Crippen LogP contribution < -0.4 is 0 Å². The molecule has 120 valence electrons. The smallest absolute Gasteiger partial charge is 0.254 e. The Labute approximate surface area is 131 Å². The minimum Gasteiger partial charge on any atom is -0.377 e. The quantitative estimate of drug-likeness (QED) is 0.849. The molecule has 0 N–H and O–H groups in total. The highest BCUT2D eigenvalue weighted by Gasteiger charge is 2.29. The molecule has 1 saturated heterocycles. The van der Waals surface area contributed by atoms with Gasteiger partial charge in [-0.3, -0.25) is 4.79 Å². The average Bonchev–Trinajstić information content (AvgIpc) is 2.57. The van der Waals surface area contributed by atoms with Gasteiger partial charge in [0.15, 0.2) is 11.6 Å². The molecule has 2 aromatic carbocycles. The summed E-state index contributed by atoms with van der Waals surface area (Å²) >= 11 is 0. The molecule has 3 rings (SSSR count). The van der Waals surface area contributed by atoms with Gasteiger partial charge in [0.25, 0.3) is 5.91 Å². The van der Waals surface area contributed by atoms with Crippen molar-refractivity contribution >= 4 is 5.91 Å². The van der Waals surface area contributed by atoms with Crippen LogP contribution in [-0.2, 0) is 4.74 Å². The zero-order chi connectivity index (χ0) is 16.4. The number of ether oxygens (including phenoxy) is 1. The number of halogens is 3. The summed E-state index contributed by atoms with van der Waals surface area (Å²) < 4.78 is 44.9. The number of rotatable bonds is 2. The molecule has 1 heterocycles. The highest BCUT2D eigenvalue weighted by atomic mass is 19.2. The van der Waals surface area contributed by atoms with E-state index in [1.54, 1.807) is 12.1 Å². The monoisotopic (exact) mass is 321 g/mol. The number of hydrogen-bond acceptors (Lipinski definition) is 2. The van der Waals surface area contributed by atoms with Gasteiger partial charge in [-0.05, 0) is 35.9 Å². The normalized spacial score (nSPS) is 18.0. The van der Waals surface area contributed by atoms with Gasteiger partial charge in [0.2, 0.25) is 0 Å². The number of amides is 1. The molecule has 23 heavy (non-hydrogen) atoms. The minimum atomic E-state index is -1.07. The second-order valence-electron chi connectivity index (χ2n) is 5.27. The first-order valence-corrected chi connectivity index (χ1v) is 7.15. The first-order chi connectivity index (χ1) is 11.1. The molecular weight excluding hydrogens is 307 g/mol. The lowest BCUT2D eigenvalue weighted by Crippen LogP contribution is -2.43. The zero-order valence-corrected chi connectivity index (χ0v) is 12.1. The molecule has 1 aliphatic heterocycles. The number of carbonyl (C=O) groups excluding carboxylic acids is 1. The average molecular weight is 321 g/mol. The van der Waals surface area contributed by atoms with Crippen LogP contribution in [-0.4, -0.2) is 30.6 Å². The molecule has 0 aliphatic carbocycles. The van der Waals surface area contributed by atoms with E-state index >= 15 is 0 Å². The van der Waals surface area contributed by atoms with Crippen LogP contribution in [0.4, 0.5) is 13.2 Å². The van der Waals surface area contributed by atoms with Crippen molar-refractivity contribution in [2.45, 2.75) is 6.04 Å². The van der Waals surface area contributed by atoms with E-state index in [0.29, 0.717) is 13.2 Å². The Hall–Kier alpha value is -2.34. The van der Waals surface area contributed by atoms with Gasteiger partial charge in [0.1, 0.15) is 5.82 Å². The van der Waals surface area contributed by atoms with Crippen molar-refractivity contribution in [2.75, 3.05) is 19.8 Å². The fourth-order valence-electron chi connectivity index (χ4n) is 2.60. The molecule has 3 nitrogen and oxygen atoms in total. The van der Waals surface area contributed by atoms with E-state index in [1.807, 2.05) is 0 Å². The van der Waals surface area contributed by atoms with Crippen LogP contribution in [0.25, 0.3) is 0 Å². The summed E-state index contributed by atoms with van der Waals surface area (Å²) in [5.41, 5.74) is 0.792. The Morgan fingerprint density at radius 1 is 1.04 bits per heavy atom. The molecule has 0 bridgehead atoms. The van der Waals surface area contributed by atoms with Crippen molar-refractivity contribution < 1.29 is 22.7 Å². The van der Waals surface area contributed by atoms with Crippen molar-refractivity contribution in [1.29, 1.82) is 0 Å². The maximum absolute atomic E-state index is 13.4. The summed E-state index contributed by atoms with van der Waals surface area (Å²) in [7, 11) is 0. The van der Waals surface area contributed by atoms with Crippen LogP contribution in [0.3, 0.4) is 0 Å². The van der Waals surface area contributed by atoms with E-state index in [2.05, 4.69) is 0 Å². The SMILES string of the molecule is O=C(c1ccc(F)c(F)c1)N1CCOCC1c1ccc(F)cc1. The fraction of sp³-hybridized carbons (Fsp3) is 0.235. The molecule has 1 aliphatic rings. The maximum Gasteiger partial charge on any atom is 0.254 e. The molecule has 1 amide bonds. The van der Waals surface area contributed by atoms with E-state index < -0.39 is 23.6 Å². The second-order valence-corrected chi connectivity index (χ2v) is 5.27. The summed E-state index contributed by atoms with van der Waals surface area (Å²) in [6.07, 6.45) is 0. The topological polar surface area (TPSA) is 29.5 Å². The molecule has 0 saturated carbocycles. The Morgan fingerprint density at radius 3 is 2.48 bits per heavy atom. The predicted octanol–water partition coefficient (Wildman–Crippen LogP) is 3.32. The lowest BCUT2D eigenvalue weighted by Gasteiger charge is -2.36. The van der Waals surface area contributed by atoms with Gasteiger partial charge < -0.3 is 9.64 Å². The molecule has 1 unspecified atom stereocenters. The largest absolute Gasteiger partial charge is 0.377 e. The van der Waals surface area contributed by atoms with Crippen molar-refractivity contribution in [3.63, 3.8) is 0 Å². The summed E-state index contributed by atoms with van der Waals surface area (Å²) in [4.78, 5) is 14.2. The summed E-state index contributed by atoms with van der Waals surface area (Å²) in [6.45, 7) is 0.939. The molecule has 0 aromatic heterocycles. The summed E-state index contributed by atoms with van der Waals surface area (Å²) in [6, 6.07) is 8.45. The third kappa shape index (κ3) is 3.22. The highest BCUT2D eigenvalue weighted by molar-refractivity contribution is 5.94. The Balaban J connectivity index is 1.89. The van der Waals surface area contributed by atoms with E-state index in [1.165, 1.54) is 23.1 Å². The van der Waals surface area contributed by atoms with E-state index in [4.69, 9.17) is 4.74 Å². The van der Waals surface area contributed by atoms with Crippen LogP contribution in [0.1, 0.15) is 22.0 Å². The molecule has 2 aromatic rings. The third-order valence-corrected chi connectivity index (χ3v) is 3.81. The van der Waals surface area contributed by atoms with E-state index in [9.17, 15) is 18.0 Å². The van der Waals surface area contributed by atoms with Gasteiger partial charge in [-0.2, -0.15) is 0 Å². The number of hydrogen-bond donors (Lipinski definition) is 0. The lowest BCUT2D eigenvalue weighted by atomic mass is 10.0. The van der Waals surface area contributed by atoms with E-state index in [-0.39, 0.29) is 18.0 Å². The first-order valence-electron chi connectivity index (χ1n) is 7.15. The number of morpholine rings is 1. The van der Waals surface area contributed by atoms with Gasteiger partial charge in [0, 0.05) is 12.1 Å². The van der Waals surface area contributed by atoms with Gasteiger partial charge in [0.05, 0.1) is 19.3 Å². The van der Waals surface area contributed by atoms with Crippen molar-refractivity contribution in [1.82, 2.24) is 4.90 Å². The first kappa shape index (κ1) is 15.6. The standard InChI is InChI=1S/C17H14F3NO2/c18-13-4-1-11(2-5-13)16-10-23-8-7-21(16)17(22)12-3-6-14(19)15(20)9-12/h1-6,9,16H,7-8,10H2. The molecule has 0 spiro atoms. The third-order valence-electron chi connectivity index (χ3n) is 3.81. The van der Waals surface area contributed by atoms with Crippen molar-refractivity contribution in [2.24, 2.45) is 0 Å². The fourth-order valence-corrected chi connectivity index (χ4v) is 2.60. The lowest BCUT2D eigenvalue weighted by molar-refractivity contribution is -0.00273. The maximum atomic E-state index is 13.4. The molecular formula is C17H14F3NO2. The Morgan fingerprint density at radius 2 is 1.78 bits per heavy atom. The second kappa shape index (κ2) is 6.42. The van der Waals surface area contributed by atoms with Gasteiger partial charge in [-0.15, -0.1) is 0 Å². The van der Waals surface area contributed by atoms with Crippen molar-refractivity contribution in [3.05, 3.63) is 71.0 Å². The minimum absolute atomic E-state index is 0.0675. The highest BCUT2D eigenvalue weighted by Crippen LogP contribution is 2.26. The summed E-state index contributed by atoms with van der Waals surface area (Å²) in [5, 5.41) is 0. The zero-order valence-electron chi connectivity index (χ0n) is 12.1. The van der Waals surface area contributed by atoms with E-state index in [0.717, 1.165) is 17.7 Å². The van der Waals surface area contributed by atoms with Gasteiger partial charge in [-0.1, -0.05) is 12.1 Å². The van der Waals surface area contributed by atoms with Gasteiger partial charge in [-0.25, -0.2) is 13.2 Å². The number of benzene rings is 2. The molecule has 0 radical (unpaired) electrons. The van der Waals surface area contributed by atoms with Crippen LogP contribution >= 0.6 is 0 Å². The molecule has 6 heteroatoms. The van der Waals surface area contributed by atoms with Crippen LogP contribution in [0.2, 0.25) is 0 Å². The Kier molecular flexibility index (Phi) is 4.34. The molecule has 1 fully saturated rings. The molecule has 1 atom stereocenters. The Bertz CT molecular complexity index is 718. The van der Waals surface area contributed by atoms with Crippen LogP contribution in [0.5, 0.6) is 0 Å². The van der Waals surface area contributed by atoms with Crippen LogP contribution in [0.15, 0.2) is 42.5 Å². The number of carbonyl (C=O) groups is 1. The van der Waals surface area contributed by atoms with Crippen molar-refractivity contribution in [3.8, 4) is 0 Å². The number of nitrogens with zero attached hydrogens (tertiary/aromatic N) is 1. The summed E-state index contributed by atoms with van der Waals surface area (Å²) in [5.74, 6) is -2.86. The van der Waals surface area contributed by atoms with Gasteiger partial charge >= 0.3 is 0 Å². The predicted molar refractivity (Wildman–Crippen MR) is 77.4 cm³/mol. The van der Waals surface area contributed by atoms with Crippen LogP contribution in [0, 0.1) is 17.5 Å².